The predicted molar refractivity (Wildman–Crippen MR) is 84.2 cm³/mol. The van der Waals surface area contributed by atoms with Gasteiger partial charge >= 0.3 is 0 Å². The first-order chi connectivity index (χ1) is 11.1. The summed E-state index contributed by atoms with van der Waals surface area (Å²) in [5, 5.41) is 10.7. The van der Waals surface area contributed by atoms with Crippen LogP contribution in [0.15, 0.2) is 42.9 Å². The van der Waals surface area contributed by atoms with E-state index in [0.717, 1.165) is 11.3 Å². The summed E-state index contributed by atoms with van der Waals surface area (Å²) in [7, 11) is 0. The summed E-state index contributed by atoms with van der Waals surface area (Å²) in [5.74, 6) is 0.556. The molecule has 6 nitrogen and oxygen atoms in total. The molecule has 6 heteroatoms. The van der Waals surface area contributed by atoms with Gasteiger partial charge in [-0.2, -0.15) is 0 Å². The Morgan fingerprint density at radius 3 is 2.96 bits per heavy atom. The Morgan fingerprint density at radius 1 is 1.39 bits per heavy atom. The number of carbonyl (C=O) groups excluding carboxylic acids is 1. The van der Waals surface area contributed by atoms with Gasteiger partial charge in [-0.05, 0) is 31.0 Å². The summed E-state index contributed by atoms with van der Waals surface area (Å²) in [6, 6.07) is 9.24. The number of nitrogens with zero attached hydrogens (tertiary/aromatic N) is 3. The Bertz CT molecular complexity index is 692. The first-order valence-corrected chi connectivity index (χ1v) is 7.53. The van der Waals surface area contributed by atoms with Gasteiger partial charge in [0.15, 0.2) is 0 Å². The van der Waals surface area contributed by atoms with Crippen molar-refractivity contribution in [2.75, 3.05) is 19.7 Å². The second-order valence-corrected chi connectivity index (χ2v) is 5.85. The van der Waals surface area contributed by atoms with E-state index < -0.39 is 5.60 Å². The van der Waals surface area contributed by atoms with E-state index in [1.54, 1.807) is 11.0 Å². The average Bonchev–Trinajstić information content (AvgIpc) is 2.97. The third-order valence-electron chi connectivity index (χ3n) is 4.01. The van der Waals surface area contributed by atoms with E-state index >= 15 is 0 Å². The normalized spacial score (nSPS) is 20.5. The second-order valence-electron chi connectivity index (χ2n) is 5.85. The number of hydrogen-bond acceptors (Lipinski definition) is 5. The van der Waals surface area contributed by atoms with Gasteiger partial charge in [0.05, 0.1) is 6.54 Å². The Morgan fingerprint density at radius 2 is 2.22 bits per heavy atom. The monoisotopic (exact) mass is 313 g/mol. The molecule has 2 heterocycles. The molecule has 0 radical (unpaired) electrons. The van der Waals surface area contributed by atoms with Crippen LogP contribution in [0.5, 0.6) is 5.75 Å². The van der Waals surface area contributed by atoms with E-state index in [9.17, 15) is 9.90 Å². The molecule has 2 aromatic rings. The molecule has 0 bridgehead atoms. The van der Waals surface area contributed by atoms with Crippen molar-refractivity contribution in [1.82, 2.24) is 14.9 Å². The number of ether oxygens (including phenoxy) is 1. The molecular formula is C17H19N3O3. The predicted octanol–water partition coefficient (Wildman–Crippen LogP) is 1.44. The minimum absolute atomic E-state index is 0.158. The molecule has 1 saturated heterocycles. The number of para-hydroxylation sites is 1. The SMILES string of the molecule is Cc1ccccc1OC[C@@]1(O)CCN(C(=O)c2ccncn2)C1. The third kappa shape index (κ3) is 3.48. The summed E-state index contributed by atoms with van der Waals surface area (Å²) in [6.07, 6.45) is 3.36. The lowest BCUT2D eigenvalue weighted by atomic mass is 10.1. The summed E-state index contributed by atoms with van der Waals surface area (Å²) in [6.45, 7) is 2.84. The van der Waals surface area contributed by atoms with Crippen molar-refractivity contribution in [1.29, 1.82) is 0 Å². The first-order valence-electron chi connectivity index (χ1n) is 7.53. The fourth-order valence-electron chi connectivity index (χ4n) is 2.66. The van der Waals surface area contributed by atoms with E-state index in [1.807, 2.05) is 31.2 Å². The van der Waals surface area contributed by atoms with Gasteiger partial charge in [-0.25, -0.2) is 9.97 Å². The highest BCUT2D eigenvalue weighted by Gasteiger charge is 2.39. The molecule has 1 aromatic heterocycles. The highest BCUT2D eigenvalue weighted by molar-refractivity contribution is 5.92. The molecule has 1 atom stereocenters. The number of benzene rings is 1. The molecule has 0 spiro atoms. The molecule has 1 N–H and O–H groups in total. The molecule has 0 unspecified atom stereocenters. The van der Waals surface area contributed by atoms with Gasteiger partial charge < -0.3 is 14.7 Å². The van der Waals surface area contributed by atoms with E-state index in [1.165, 1.54) is 12.5 Å². The van der Waals surface area contributed by atoms with Crippen LogP contribution in [-0.4, -0.2) is 51.2 Å². The van der Waals surface area contributed by atoms with Crippen molar-refractivity contribution >= 4 is 5.91 Å². The van der Waals surface area contributed by atoms with Gasteiger partial charge in [-0.15, -0.1) is 0 Å². The summed E-state index contributed by atoms with van der Waals surface area (Å²) >= 11 is 0. The molecule has 3 rings (SSSR count). The molecule has 0 saturated carbocycles. The molecule has 0 aliphatic carbocycles. The van der Waals surface area contributed by atoms with Crippen LogP contribution in [0.4, 0.5) is 0 Å². The Balaban J connectivity index is 1.62. The number of rotatable bonds is 4. The quantitative estimate of drug-likeness (QED) is 0.924. The smallest absolute Gasteiger partial charge is 0.272 e. The highest BCUT2D eigenvalue weighted by atomic mass is 16.5. The van der Waals surface area contributed by atoms with Crippen LogP contribution in [0.3, 0.4) is 0 Å². The van der Waals surface area contributed by atoms with E-state index in [4.69, 9.17) is 4.74 Å². The molecule has 23 heavy (non-hydrogen) atoms. The zero-order valence-electron chi connectivity index (χ0n) is 13.0. The van der Waals surface area contributed by atoms with Crippen LogP contribution in [-0.2, 0) is 0 Å². The standard InChI is InChI=1S/C17H19N3O3/c1-13-4-2-3-5-15(13)23-11-17(22)7-9-20(10-17)16(21)14-6-8-18-12-19-14/h2-6,8,12,22H,7,9-11H2,1H3/t17-/m1/s1. The van der Waals surface area contributed by atoms with Crippen molar-refractivity contribution in [3.63, 3.8) is 0 Å². The maximum absolute atomic E-state index is 12.3. The number of amides is 1. The fourth-order valence-corrected chi connectivity index (χ4v) is 2.66. The number of aryl methyl sites for hydroxylation is 1. The third-order valence-corrected chi connectivity index (χ3v) is 4.01. The Labute approximate surface area is 134 Å². The molecule has 1 aliphatic heterocycles. The Hall–Kier alpha value is -2.47. The van der Waals surface area contributed by atoms with Crippen molar-refractivity contribution < 1.29 is 14.6 Å². The maximum Gasteiger partial charge on any atom is 0.272 e. The molecule has 1 amide bonds. The van der Waals surface area contributed by atoms with Gasteiger partial charge in [0.25, 0.3) is 5.91 Å². The lowest BCUT2D eigenvalue weighted by Crippen LogP contribution is -2.40. The zero-order valence-corrected chi connectivity index (χ0v) is 13.0. The summed E-state index contributed by atoms with van der Waals surface area (Å²) < 4.78 is 5.74. The van der Waals surface area contributed by atoms with Crippen LogP contribution >= 0.6 is 0 Å². The highest BCUT2D eigenvalue weighted by Crippen LogP contribution is 2.25. The van der Waals surface area contributed by atoms with Gasteiger partial charge in [0.2, 0.25) is 0 Å². The van der Waals surface area contributed by atoms with Crippen LogP contribution < -0.4 is 4.74 Å². The zero-order chi connectivity index (χ0) is 16.3. The van der Waals surface area contributed by atoms with Crippen molar-refractivity contribution in [3.05, 3.63) is 54.1 Å². The van der Waals surface area contributed by atoms with Crippen molar-refractivity contribution in [2.24, 2.45) is 0 Å². The second kappa shape index (κ2) is 6.34. The Kier molecular flexibility index (Phi) is 4.25. The largest absolute Gasteiger partial charge is 0.490 e. The first kappa shape index (κ1) is 15.4. The lowest BCUT2D eigenvalue weighted by Gasteiger charge is -2.24. The van der Waals surface area contributed by atoms with Gasteiger partial charge in [-0.3, -0.25) is 4.79 Å². The molecule has 1 aliphatic rings. The van der Waals surface area contributed by atoms with Crippen LogP contribution in [0.1, 0.15) is 22.5 Å². The number of aromatic nitrogens is 2. The molecule has 1 fully saturated rings. The van der Waals surface area contributed by atoms with Gasteiger partial charge in [0, 0.05) is 12.7 Å². The topological polar surface area (TPSA) is 75.6 Å². The van der Waals surface area contributed by atoms with E-state index in [-0.39, 0.29) is 19.1 Å². The fraction of sp³-hybridized carbons (Fsp3) is 0.353. The summed E-state index contributed by atoms with van der Waals surface area (Å²) in [5.41, 5.74) is 0.317. The lowest BCUT2D eigenvalue weighted by molar-refractivity contribution is 0.00407. The van der Waals surface area contributed by atoms with Crippen LogP contribution in [0.2, 0.25) is 0 Å². The molecule has 120 valence electrons. The van der Waals surface area contributed by atoms with Crippen molar-refractivity contribution in [3.8, 4) is 5.75 Å². The number of carbonyl (C=O) groups is 1. The number of hydrogen-bond donors (Lipinski definition) is 1. The van der Waals surface area contributed by atoms with E-state index in [0.29, 0.717) is 18.7 Å². The minimum Gasteiger partial charge on any atom is -0.490 e. The van der Waals surface area contributed by atoms with Crippen molar-refractivity contribution in [2.45, 2.75) is 18.9 Å². The van der Waals surface area contributed by atoms with Gasteiger partial charge in [-0.1, -0.05) is 18.2 Å². The number of likely N-dealkylation sites (tertiary alicyclic amines) is 1. The molecular weight excluding hydrogens is 294 g/mol. The van der Waals surface area contributed by atoms with Gasteiger partial charge in [0.1, 0.15) is 30.0 Å². The molecule has 1 aromatic carbocycles. The number of aliphatic hydroxyl groups is 1. The maximum atomic E-state index is 12.3. The summed E-state index contributed by atoms with van der Waals surface area (Å²) in [4.78, 5) is 21.7. The minimum atomic E-state index is -1.04. The average molecular weight is 313 g/mol. The van der Waals surface area contributed by atoms with Crippen LogP contribution in [0, 0.1) is 6.92 Å². The van der Waals surface area contributed by atoms with Crippen LogP contribution in [0.25, 0.3) is 0 Å². The van der Waals surface area contributed by atoms with E-state index in [2.05, 4.69) is 9.97 Å². The number of β-amino-alcohol motifs (C(OH)–C–C–N with tert-alkyl or cyclic N) is 1.